The number of anilines is 2. The molecule has 0 unspecified atom stereocenters. The van der Waals surface area contributed by atoms with Gasteiger partial charge in [-0.25, -0.2) is 9.97 Å². The molecule has 180 valence electrons. The van der Waals surface area contributed by atoms with Crippen LogP contribution in [0.5, 0.6) is 5.88 Å². The van der Waals surface area contributed by atoms with E-state index in [1.165, 1.54) is 24.9 Å². The molecule has 0 radical (unpaired) electrons. The number of hydrogen-bond donors (Lipinski definition) is 4. The highest BCUT2D eigenvalue weighted by atomic mass is 32.2. The molecule has 11 heteroatoms. The van der Waals surface area contributed by atoms with Crippen LogP contribution in [-0.4, -0.2) is 56.4 Å². The minimum Gasteiger partial charge on any atom is -0.481 e. The van der Waals surface area contributed by atoms with Crippen LogP contribution in [0.3, 0.4) is 0 Å². The highest BCUT2D eigenvalue weighted by Crippen LogP contribution is 2.30. The Balaban J connectivity index is 1.23. The van der Waals surface area contributed by atoms with Gasteiger partial charge >= 0.3 is 0 Å². The van der Waals surface area contributed by atoms with Crippen molar-refractivity contribution < 1.29 is 19.4 Å². The number of nitrogens with zero attached hydrogens (tertiary/aromatic N) is 3. The predicted molar refractivity (Wildman–Crippen MR) is 132 cm³/mol. The van der Waals surface area contributed by atoms with Crippen molar-refractivity contribution in [2.45, 2.75) is 35.9 Å². The number of carbonyl (C=O) groups excluding carboxylic acids is 2. The molecule has 4 N–H and O–H groups in total. The van der Waals surface area contributed by atoms with Gasteiger partial charge < -0.3 is 25.8 Å². The highest BCUT2D eigenvalue weighted by Gasteiger charge is 2.36. The van der Waals surface area contributed by atoms with Crippen LogP contribution in [0.2, 0.25) is 0 Å². The third-order valence-corrected chi connectivity index (χ3v) is 6.97. The summed E-state index contributed by atoms with van der Waals surface area (Å²) < 4.78 is 5.17. The van der Waals surface area contributed by atoms with E-state index in [1.807, 2.05) is 12.1 Å². The summed E-state index contributed by atoms with van der Waals surface area (Å²) in [5.41, 5.74) is 0.692. The molecular formula is C24H24N6O4S. The van der Waals surface area contributed by atoms with Gasteiger partial charge in [-0.3, -0.25) is 14.6 Å². The van der Waals surface area contributed by atoms with Crippen LogP contribution in [-0.2, 0) is 16.1 Å². The number of carbonyl (C=O) groups is 2. The minimum absolute atomic E-state index is 0.0300. The Bertz CT molecular complexity index is 1330. The van der Waals surface area contributed by atoms with Crippen molar-refractivity contribution in [1.29, 1.82) is 0 Å². The fraction of sp³-hybridized carbons (Fsp3) is 0.292. The standard InChI is InChI=1S/C24H24N6O4S/c1-34-20-5-3-16-21(30-20)17(8-11-25-16)28-23(32)24(33)9-6-14(7-10-24)26-12-15-2-4-18-22(27-15)29-19(31)13-35-18/h2-6,8-9,11,14,26,33H,7,10,12-13H2,1H3,(H,25,28,32)(H,27,29,31)/t14-,24-/m0/s1. The van der Waals surface area contributed by atoms with Gasteiger partial charge in [-0.1, -0.05) is 6.08 Å². The summed E-state index contributed by atoms with van der Waals surface area (Å²) in [5.74, 6) is 0.807. The molecule has 10 nitrogen and oxygen atoms in total. The molecule has 0 saturated heterocycles. The summed E-state index contributed by atoms with van der Waals surface area (Å²) in [6.07, 6.45) is 5.70. The van der Waals surface area contributed by atoms with Crippen LogP contribution >= 0.6 is 11.8 Å². The molecule has 1 aliphatic heterocycles. The Labute approximate surface area is 205 Å². The fourth-order valence-corrected chi connectivity index (χ4v) is 4.74. The average Bonchev–Trinajstić information content (AvgIpc) is 2.88. The van der Waals surface area contributed by atoms with Crippen molar-refractivity contribution in [3.05, 3.63) is 54.4 Å². The second kappa shape index (κ2) is 9.61. The van der Waals surface area contributed by atoms with E-state index < -0.39 is 11.5 Å². The van der Waals surface area contributed by atoms with E-state index in [1.54, 1.807) is 30.5 Å². The number of amides is 2. The minimum atomic E-state index is -1.64. The lowest BCUT2D eigenvalue weighted by Crippen LogP contribution is -2.45. The number of nitrogens with one attached hydrogen (secondary N) is 3. The first kappa shape index (κ1) is 23.2. The van der Waals surface area contributed by atoms with Crippen LogP contribution in [0, 0.1) is 0 Å². The van der Waals surface area contributed by atoms with Crippen LogP contribution in [0.15, 0.2) is 53.6 Å². The Hall–Kier alpha value is -3.54. The summed E-state index contributed by atoms with van der Waals surface area (Å²) in [6.45, 7) is 0.490. The molecule has 35 heavy (non-hydrogen) atoms. The number of thioether (sulfide) groups is 1. The van der Waals surface area contributed by atoms with Crippen molar-refractivity contribution in [2.24, 2.45) is 0 Å². The maximum Gasteiger partial charge on any atom is 0.260 e. The number of hydrogen-bond acceptors (Lipinski definition) is 9. The maximum atomic E-state index is 13.0. The van der Waals surface area contributed by atoms with Crippen LogP contribution < -0.4 is 20.7 Å². The molecule has 0 saturated carbocycles. The zero-order valence-electron chi connectivity index (χ0n) is 18.9. The predicted octanol–water partition coefficient (Wildman–Crippen LogP) is 2.26. The van der Waals surface area contributed by atoms with E-state index >= 15 is 0 Å². The number of methoxy groups -OCH3 is 1. The quantitative estimate of drug-likeness (QED) is 0.382. The van der Waals surface area contributed by atoms with Gasteiger partial charge in [0.05, 0.1) is 34.7 Å². The van der Waals surface area contributed by atoms with E-state index in [0.29, 0.717) is 47.1 Å². The second-order valence-corrected chi connectivity index (χ2v) is 9.35. The van der Waals surface area contributed by atoms with Gasteiger partial charge in [0.2, 0.25) is 11.8 Å². The number of ether oxygens (including phenoxy) is 1. The zero-order chi connectivity index (χ0) is 24.4. The summed E-state index contributed by atoms with van der Waals surface area (Å²) in [4.78, 5) is 38.7. The first-order chi connectivity index (χ1) is 16.9. The van der Waals surface area contributed by atoms with Crippen molar-refractivity contribution in [3.63, 3.8) is 0 Å². The summed E-state index contributed by atoms with van der Waals surface area (Å²) in [6, 6.07) is 8.94. The van der Waals surface area contributed by atoms with E-state index in [9.17, 15) is 14.7 Å². The van der Waals surface area contributed by atoms with Gasteiger partial charge in [0.15, 0.2) is 5.60 Å². The molecule has 0 fully saturated rings. The van der Waals surface area contributed by atoms with Crippen molar-refractivity contribution in [1.82, 2.24) is 20.3 Å². The van der Waals surface area contributed by atoms with Crippen LogP contribution in [0.1, 0.15) is 18.5 Å². The summed E-state index contributed by atoms with van der Waals surface area (Å²) >= 11 is 1.47. The Morgan fingerprint density at radius 3 is 2.97 bits per heavy atom. The SMILES string of the molecule is COc1ccc2nccc(NC(=O)[C@]3(O)C=C[C@H](NCc4ccc5c(n4)NC(=O)CS5)CC3)c2n1. The molecule has 3 aromatic rings. The number of aliphatic hydroxyl groups is 1. The molecule has 4 heterocycles. The number of aromatic nitrogens is 3. The summed E-state index contributed by atoms with van der Waals surface area (Å²) in [7, 11) is 1.52. The van der Waals surface area contributed by atoms with Crippen molar-refractivity contribution >= 4 is 46.1 Å². The van der Waals surface area contributed by atoms with Gasteiger partial charge in [-0.2, -0.15) is 0 Å². The Kier molecular flexibility index (Phi) is 6.37. The lowest BCUT2D eigenvalue weighted by atomic mass is 9.87. The molecule has 2 atom stereocenters. The molecule has 2 aliphatic rings. The second-order valence-electron chi connectivity index (χ2n) is 8.33. The summed E-state index contributed by atoms with van der Waals surface area (Å²) in [5, 5.41) is 19.9. The number of fused-ring (bicyclic) bond motifs is 2. The molecule has 5 rings (SSSR count). The molecule has 0 spiro atoms. The molecular weight excluding hydrogens is 468 g/mol. The normalized spacial score (nSPS) is 21.3. The van der Waals surface area contributed by atoms with Gasteiger partial charge in [-0.05, 0) is 43.2 Å². The molecule has 3 aromatic heterocycles. The topological polar surface area (TPSA) is 138 Å². The van der Waals surface area contributed by atoms with Gasteiger partial charge in [0, 0.05) is 24.8 Å². The van der Waals surface area contributed by atoms with E-state index in [-0.39, 0.29) is 18.4 Å². The molecule has 1 aliphatic carbocycles. The van der Waals surface area contributed by atoms with Gasteiger partial charge in [0.1, 0.15) is 11.3 Å². The number of rotatable bonds is 6. The van der Waals surface area contributed by atoms with E-state index in [4.69, 9.17) is 4.74 Å². The Morgan fingerprint density at radius 2 is 2.17 bits per heavy atom. The Morgan fingerprint density at radius 1 is 1.29 bits per heavy atom. The van der Waals surface area contributed by atoms with Gasteiger partial charge in [-0.15, -0.1) is 11.8 Å². The number of pyridine rings is 3. The third-order valence-electron chi connectivity index (χ3n) is 5.93. The lowest BCUT2D eigenvalue weighted by Gasteiger charge is -2.30. The zero-order valence-corrected chi connectivity index (χ0v) is 19.8. The smallest absolute Gasteiger partial charge is 0.260 e. The monoisotopic (exact) mass is 492 g/mol. The first-order valence-corrected chi connectivity index (χ1v) is 12.1. The molecule has 0 bridgehead atoms. The largest absolute Gasteiger partial charge is 0.481 e. The first-order valence-electron chi connectivity index (χ1n) is 11.1. The fourth-order valence-electron chi connectivity index (χ4n) is 3.98. The highest BCUT2D eigenvalue weighted by molar-refractivity contribution is 8.00. The van der Waals surface area contributed by atoms with E-state index in [2.05, 4.69) is 30.9 Å². The molecule has 0 aromatic carbocycles. The third kappa shape index (κ3) is 4.97. The van der Waals surface area contributed by atoms with Crippen molar-refractivity contribution in [2.75, 3.05) is 23.5 Å². The average molecular weight is 493 g/mol. The van der Waals surface area contributed by atoms with Crippen LogP contribution in [0.25, 0.3) is 11.0 Å². The van der Waals surface area contributed by atoms with Gasteiger partial charge in [0.25, 0.3) is 5.91 Å². The van der Waals surface area contributed by atoms with E-state index in [0.717, 1.165) is 10.6 Å². The molecule has 2 amide bonds. The van der Waals surface area contributed by atoms with Crippen molar-refractivity contribution in [3.8, 4) is 5.88 Å². The maximum absolute atomic E-state index is 13.0. The lowest BCUT2D eigenvalue weighted by molar-refractivity contribution is -0.130. The van der Waals surface area contributed by atoms with Crippen LogP contribution in [0.4, 0.5) is 11.5 Å².